The molecule has 1 heteroatoms. The van der Waals surface area contributed by atoms with Gasteiger partial charge in [-0.1, -0.05) is 17.7 Å². The Labute approximate surface area is 64.1 Å². The molecule has 0 nitrogen and oxygen atoms in total. The lowest BCUT2D eigenvalue weighted by Crippen LogP contribution is -1.67. The van der Waals surface area contributed by atoms with Crippen molar-refractivity contribution in [3.8, 4) is 0 Å². The molecule has 0 fully saturated rings. The molecule has 1 aromatic heterocycles. The Morgan fingerprint density at radius 2 is 2.30 bits per heavy atom. The van der Waals surface area contributed by atoms with Crippen LogP contribution in [0.25, 0.3) is 10.1 Å². The van der Waals surface area contributed by atoms with Crippen LogP contribution in [0.4, 0.5) is 0 Å². The van der Waals surface area contributed by atoms with Crippen molar-refractivity contribution >= 4 is 21.4 Å². The maximum absolute atomic E-state index is 3.11. The summed E-state index contributed by atoms with van der Waals surface area (Å²) < 4.78 is 1.32. The van der Waals surface area contributed by atoms with Gasteiger partial charge in [0.1, 0.15) is 0 Å². The van der Waals surface area contributed by atoms with Crippen molar-refractivity contribution in [3.63, 3.8) is 0 Å². The molecule has 0 saturated heterocycles. The van der Waals surface area contributed by atoms with Gasteiger partial charge >= 0.3 is 0 Å². The van der Waals surface area contributed by atoms with E-state index in [1.165, 1.54) is 15.6 Å². The van der Waals surface area contributed by atoms with Crippen LogP contribution >= 0.6 is 11.3 Å². The molecule has 0 amide bonds. The zero-order valence-corrected chi connectivity index (χ0v) is 6.53. The molecule has 2 aromatic rings. The third-order valence-electron chi connectivity index (χ3n) is 1.55. The molecule has 0 unspecified atom stereocenters. The highest BCUT2D eigenvalue weighted by Crippen LogP contribution is 2.20. The molecule has 49 valence electrons. The fourth-order valence-electron chi connectivity index (χ4n) is 1.03. The van der Waals surface area contributed by atoms with Crippen LogP contribution in [-0.2, 0) is 0 Å². The van der Waals surface area contributed by atoms with Gasteiger partial charge in [0.05, 0.1) is 0 Å². The van der Waals surface area contributed by atoms with E-state index in [1.807, 2.05) is 6.07 Å². The fourth-order valence-corrected chi connectivity index (χ4v) is 1.71. The number of fused-ring (bicyclic) bond motifs is 1. The first kappa shape index (κ1) is 5.93. The molecule has 0 aliphatic rings. The average Bonchev–Trinajstić information content (AvgIpc) is 2.33. The van der Waals surface area contributed by atoms with Crippen LogP contribution in [0.3, 0.4) is 0 Å². The second kappa shape index (κ2) is 2.10. The Kier molecular flexibility index (Phi) is 1.24. The molecule has 10 heavy (non-hydrogen) atoms. The van der Waals surface area contributed by atoms with E-state index in [4.69, 9.17) is 0 Å². The quantitative estimate of drug-likeness (QED) is 0.537. The number of thiophene rings is 1. The van der Waals surface area contributed by atoms with Crippen LogP contribution in [0.15, 0.2) is 24.3 Å². The molecule has 0 atom stereocenters. The van der Waals surface area contributed by atoms with Gasteiger partial charge in [0, 0.05) is 10.1 Å². The Bertz CT molecular complexity index is 346. The van der Waals surface area contributed by atoms with E-state index in [9.17, 15) is 0 Å². The normalized spacial score (nSPS) is 10.5. The number of hydrogen-bond acceptors (Lipinski definition) is 1. The zero-order chi connectivity index (χ0) is 6.97. The topological polar surface area (TPSA) is 0 Å². The Morgan fingerprint density at radius 1 is 1.40 bits per heavy atom. The molecule has 2 rings (SSSR count). The minimum Gasteiger partial charge on any atom is -0.134 e. The van der Waals surface area contributed by atoms with Gasteiger partial charge in [-0.05, 0) is 24.4 Å². The Morgan fingerprint density at radius 3 is 3.20 bits per heavy atom. The van der Waals surface area contributed by atoms with E-state index in [2.05, 4.69) is 30.5 Å². The van der Waals surface area contributed by atoms with Crippen molar-refractivity contribution in [2.45, 2.75) is 6.92 Å². The summed E-state index contributed by atoms with van der Waals surface area (Å²) in [4.78, 5) is 0. The summed E-state index contributed by atoms with van der Waals surface area (Å²) >= 11 is 1.67. The van der Waals surface area contributed by atoms with Gasteiger partial charge in [-0.2, -0.15) is 0 Å². The summed E-state index contributed by atoms with van der Waals surface area (Å²) in [5.41, 5.74) is 1.32. The summed E-state index contributed by atoms with van der Waals surface area (Å²) in [5.74, 6) is 0. The molecule has 0 N–H and O–H groups in total. The monoisotopic (exact) mass is 147 g/mol. The summed E-state index contributed by atoms with van der Waals surface area (Å²) in [6.45, 7) is 2.11. The third kappa shape index (κ3) is 0.830. The molecule has 0 bridgehead atoms. The van der Waals surface area contributed by atoms with Crippen molar-refractivity contribution in [2.24, 2.45) is 0 Å². The first-order chi connectivity index (χ1) is 4.86. The highest BCUT2D eigenvalue weighted by Gasteiger charge is 1.92. The average molecular weight is 147 g/mol. The van der Waals surface area contributed by atoms with Crippen LogP contribution in [0, 0.1) is 12.3 Å². The molecular weight excluding hydrogens is 140 g/mol. The fraction of sp³-hybridized carbons (Fsp3) is 0.111. The third-order valence-corrected chi connectivity index (χ3v) is 2.38. The van der Waals surface area contributed by atoms with Crippen LogP contribution in [0.1, 0.15) is 5.56 Å². The number of hydrogen-bond donors (Lipinski definition) is 0. The van der Waals surface area contributed by atoms with Gasteiger partial charge in [0.15, 0.2) is 0 Å². The van der Waals surface area contributed by atoms with Gasteiger partial charge in [-0.15, -0.1) is 11.3 Å². The molecule has 0 spiro atoms. The van der Waals surface area contributed by atoms with Crippen LogP contribution < -0.4 is 0 Å². The minimum atomic E-state index is 1.31. The van der Waals surface area contributed by atoms with E-state index in [0.29, 0.717) is 0 Å². The first-order valence-corrected chi connectivity index (χ1v) is 4.04. The minimum absolute atomic E-state index is 1.31. The predicted octanol–water partition coefficient (Wildman–Crippen LogP) is 3.01. The van der Waals surface area contributed by atoms with Gasteiger partial charge in [0.2, 0.25) is 0 Å². The maximum atomic E-state index is 3.11. The predicted molar refractivity (Wildman–Crippen MR) is 45.4 cm³/mol. The summed E-state index contributed by atoms with van der Waals surface area (Å²) in [5, 5.41) is 4.42. The van der Waals surface area contributed by atoms with Crippen LogP contribution in [0.2, 0.25) is 0 Å². The molecule has 1 heterocycles. The molecule has 0 aliphatic heterocycles. The molecule has 1 radical (unpaired) electrons. The van der Waals surface area contributed by atoms with E-state index >= 15 is 0 Å². The smallest absolute Gasteiger partial charge is 0.0455 e. The van der Waals surface area contributed by atoms with E-state index in [0.717, 1.165) is 0 Å². The lowest BCUT2D eigenvalue weighted by atomic mass is 10.2. The van der Waals surface area contributed by atoms with Gasteiger partial charge in [-0.3, -0.25) is 0 Å². The number of aryl methyl sites for hydroxylation is 1. The largest absolute Gasteiger partial charge is 0.134 e. The summed E-state index contributed by atoms with van der Waals surface area (Å²) in [6, 6.07) is 8.49. The van der Waals surface area contributed by atoms with Crippen molar-refractivity contribution in [1.82, 2.24) is 0 Å². The summed E-state index contributed by atoms with van der Waals surface area (Å²) in [7, 11) is 0. The van der Waals surface area contributed by atoms with Crippen molar-refractivity contribution in [1.29, 1.82) is 0 Å². The highest BCUT2D eigenvalue weighted by molar-refractivity contribution is 7.16. The molecule has 1 aromatic carbocycles. The van der Waals surface area contributed by atoms with E-state index in [-0.39, 0.29) is 0 Å². The highest BCUT2D eigenvalue weighted by atomic mass is 32.1. The molecule has 0 saturated carbocycles. The van der Waals surface area contributed by atoms with Crippen LogP contribution in [-0.4, -0.2) is 0 Å². The second-order valence-corrected chi connectivity index (χ2v) is 3.29. The van der Waals surface area contributed by atoms with Gasteiger partial charge in [-0.25, -0.2) is 0 Å². The standard InChI is InChI=1S/C9H7S/c1-7-2-3-9-8(6-7)4-5-10-9/h2-4,6H,1H3. The van der Waals surface area contributed by atoms with Gasteiger partial charge in [0.25, 0.3) is 0 Å². The lowest BCUT2D eigenvalue weighted by Gasteiger charge is -1.89. The van der Waals surface area contributed by atoms with Crippen LogP contribution in [0.5, 0.6) is 0 Å². The number of rotatable bonds is 0. The maximum Gasteiger partial charge on any atom is 0.0455 e. The first-order valence-electron chi connectivity index (χ1n) is 3.22. The van der Waals surface area contributed by atoms with Crippen molar-refractivity contribution in [3.05, 3.63) is 35.2 Å². The number of benzene rings is 1. The SMILES string of the molecule is Cc1ccc2s[c]cc2c1. The zero-order valence-electron chi connectivity index (χ0n) is 5.72. The summed E-state index contributed by atoms with van der Waals surface area (Å²) in [6.07, 6.45) is 0. The second-order valence-electron chi connectivity index (χ2n) is 2.41. The van der Waals surface area contributed by atoms with Crippen molar-refractivity contribution < 1.29 is 0 Å². The molecule has 0 aliphatic carbocycles. The van der Waals surface area contributed by atoms with Gasteiger partial charge < -0.3 is 0 Å². The molecular formula is C9H7S. The lowest BCUT2D eigenvalue weighted by molar-refractivity contribution is 1.52. The Balaban J connectivity index is 2.86. The Hall–Kier alpha value is -0.820. The van der Waals surface area contributed by atoms with E-state index in [1.54, 1.807) is 11.3 Å². The van der Waals surface area contributed by atoms with E-state index < -0.39 is 0 Å². The van der Waals surface area contributed by atoms with Crippen molar-refractivity contribution in [2.75, 3.05) is 0 Å².